The maximum Gasteiger partial charge on any atom is 0.314 e. The van der Waals surface area contributed by atoms with Gasteiger partial charge in [-0.05, 0) is 37.0 Å². The molecule has 0 bridgehead atoms. The Morgan fingerprint density at radius 2 is 1.85 bits per heavy atom. The normalized spacial score (nSPS) is 20.4. The lowest BCUT2D eigenvalue weighted by atomic mass is 9.68. The van der Waals surface area contributed by atoms with E-state index in [-0.39, 0.29) is 25.7 Å². The van der Waals surface area contributed by atoms with Crippen LogP contribution in [0.3, 0.4) is 0 Å². The van der Waals surface area contributed by atoms with Crippen LogP contribution in [0.1, 0.15) is 36.8 Å². The largest absolute Gasteiger partial charge is 0.496 e. The fourth-order valence-electron chi connectivity index (χ4n) is 2.84. The molecule has 20 heavy (non-hydrogen) atoms. The standard InChI is InChI=1S/C15H18F2O3/c1-10-9-11(3-4-12(10)20-2)14(13(18)19)5-7-15(16,17)8-6-14/h3-4,9H,5-8H2,1-2H3,(H,18,19). The van der Waals surface area contributed by atoms with Gasteiger partial charge in [-0.15, -0.1) is 0 Å². The van der Waals surface area contributed by atoms with Gasteiger partial charge in [0, 0.05) is 12.8 Å². The van der Waals surface area contributed by atoms with Crippen molar-refractivity contribution in [3.8, 4) is 5.75 Å². The van der Waals surface area contributed by atoms with E-state index in [0.29, 0.717) is 11.3 Å². The summed E-state index contributed by atoms with van der Waals surface area (Å²) >= 11 is 0. The molecule has 1 fully saturated rings. The molecule has 1 saturated carbocycles. The minimum atomic E-state index is -2.75. The van der Waals surface area contributed by atoms with Gasteiger partial charge in [-0.2, -0.15) is 0 Å². The lowest BCUT2D eigenvalue weighted by Gasteiger charge is -2.37. The van der Waals surface area contributed by atoms with E-state index < -0.39 is 17.3 Å². The number of ether oxygens (including phenoxy) is 1. The number of carboxylic acid groups (broad SMARTS) is 1. The van der Waals surface area contributed by atoms with Gasteiger partial charge in [0.2, 0.25) is 5.92 Å². The van der Waals surface area contributed by atoms with Crippen molar-refractivity contribution in [3.05, 3.63) is 29.3 Å². The minimum absolute atomic E-state index is 0.0406. The van der Waals surface area contributed by atoms with Gasteiger partial charge in [-0.3, -0.25) is 4.79 Å². The summed E-state index contributed by atoms with van der Waals surface area (Å²) in [6, 6.07) is 5.10. The van der Waals surface area contributed by atoms with Crippen molar-refractivity contribution in [1.29, 1.82) is 0 Å². The Bertz CT molecular complexity index is 516. The number of carbonyl (C=O) groups is 1. The molecule has 0 radical (unpaired) electrons. The van der Waals surface area contributed by atoms with E-state index in [1.54, 1.807) is 18.2 Å². The number of benzene rings is 1. The van der Waals surface area contributed by atoms with Crippen molar-refractivity contribution < 1.29 is 23.4 Å². The lowest BCUT2D eigenvalue weighted by molar-refractivity contribution is -0.149. The third-order valence-electron chi connectivity index (χ3n) is 4.19. The molecule has 1 aromatic rings. The number of methoxy groups -OCH3 is 1. The van der Waals surface area contributed by atoms with Crippen LogP contribution in [0.25, 0.3) is 0 Å². The van der Waals surface area contributed by atoms with Crippen LogP contribution in [0.15, 0.2) is 18.2 Å². The number of rotatable bonds is 3. The lowest BCUT2D eigenvalue weighted by Crippen LogP contribution is -2.42. The Morgan fingerprint density at radius 1 is 1.25 bits per heavy atom. The van der Waals surface area contributed by atoms with Gasteiger partial charge in [0.15, 0.2) is 0 Å². The van der Waals surface area contributed by atoms with Gasteiger partial charge in [0.1, 0.15) is 5.75 Å². The number of hydrogen-bond donors (Lipinski definition) is 1. The number of aliphatic carboxylic acids is 1. The predicted molar refractivity (Wildman–Crippen MR) is 70.5 cm³/mol. The van der Waals surface area contributed by atoms with Gasteiger partial charge >= 0.3 is 5.97 Å². The number of halogens is 2. The first-order valence-corrected chi connectivity index (χ1v) is 6.57. The van der Waals surface area contributed by atoms with E-state index in [1.807, 2.05) is 6.92 Å². The van der Waals surface area contributed by atoms with Crippen LogP contribution in [0, 0.1) is 6.92 Å². The van der Waals surface area contributed by atoms with E-state index in [4.69, 9.17) is 4.74 Å². The Balaban J connectivity index is 2.39. The molecule has 0 aromatic heterocycles. The topological polar surface area (TPSA) is 46.5 Å². The Kier molecular flexibility index (Phi) is 3.71. The number of alkyl halides is 2. The minimum Gasteiger partial charge on any atom is -0.496 e. The van der Waals surface area contributed by atoms with Gasteiger partial charge < -0.3 is 9.84 Å². The first-order chi connectivity index (χ1) is 9.31. The second kappa shape index (κ2) is 5.04. The van der Waals surface area contributed by atoms with Crippen LogP contribution in [0.4, 0.5) is 8.78 Å². The van der Waals surface area contributed by atoms with E-state index in [1.165, 1.54) is 7.11 Å². The average molecular weight is 284 g/mol. The summed E-state index contributed by atoms with van der Waals surface area (Å²) in [6.45, 7) is 1.81. The maximum absolute atomic E-state index is 13.3. The van der Waals surface area contributed by atoms with Gasteiger partial charge in [-0.25, -0.2) is 8.78 Å². The SMILES string of the molecule is COc1ccc(C2(C(=O)O)CCC(F)(F)CC2)cc1C. The van der Waals surface area contributed by atoms with Gasteiger partial charge in [0.25, 0.3) is 0 Å². The zero-order chi connectivity index (χ0) is 15.0. The summed E-state index contributed by atoms with van der Waals surface area (Å²) in [7, 11) is 1.54. The fraction of sp³-hybridized carbons (Fsp3) is 0.533. The average Bonchev–Trinajstić information content (AvgIpc) is 2.38. The van der Waals surface area contributed by atoms with Crippen molar-refractivity contribution in [2.24, 2.45) is 0 Å². The second-order valence-corrected chi connectivity index (χ2v) is 5.43. The molecule has 0 heterocycles. The molecule has 110 valence electrons. The van der Waals surface area contributed by atoms with Crippen molar-refractivity contribution in [2.75, 3.05) is 7.11 Å². The van der Waals surface area contributed by atoms with Crippen molar-refractivity contribution in [3.63, 3.8) is 0 Å². The summed E-state index contributed by atoms with van der Waals surface area (Å²) in [5, 5.41) is 9.55. The van der Waals surface area contributed by atoms with E-state index in [2.05, 4.69) is 0 Å². The summed E-state index contributed by atoms with van der Waals surface area (Å²) in [6.07, 6.45) is -0.850. The molecule has 0 amide bonds. The predicted octanol–water partition coefficient (Wildman–Crippen LogP) is 3.54. The van der Waals surface area contributed by atoms with Crippen LogP contribution in [0.5, 0.6) is 5.75 Å². The Labute approximate surface area is 116 Å². The zero-order valence-corrected chi connectivity index (χ0v) is 11.6. The van der Waals surface area contributed by atoms with Crippen LogP contribution in [0.2, 0.25) is 0 Å². The molecule has 3 nitrogen and oxygen atoms in total. The Morgan fingerprint density at radius 3 is 2.30 bits per heavy atom. The van der Waals surface area contributed by atoms with E-state index in [0.717, 1.165) is 5.56 Å². The van der Waals surface area contributed by atoms with Crippen LogP contribution in [-0.2, 0) is 10.2 Å². The fourth-order valence-corrected chi connectivity index (χ4v) is 2.84. The molecule has 1 aliphatic carbocycles. The molecule has 0 spiro atoms. The highest BCUT2D eigenvalue weighted by Gasteiger charge is 2.49. The van der Waals surface area contributed by atoms with Crippen LogP contribution < -0.4 is 4.74 Å². The van der Waals surface area contributed by atoms with Crippen molar-refractivity contribution in [2.45, 2.75) is 43.9 Å². The maximum atomic E-state index is 13.3. The smallest absolute Gasteiger partial charge is 0.314 e. The first-order valence-electron chi connectivity index (χ1n) is 6.57. The van der Waals surface area contributed by atoms with Crippen LogP contribution in [-0.4, -0.2) is 24.1 Å². The summed E-state index contributed by atoms with van der Waals surface area (Å²) in [5.74, 6) is -3.12. The molecular weight excluding hydrogens is 266 g/mol. The molecule has 1 aliphatic rings. The first kappa shape index (κ1) is 14.8. The molecule has 0 atom stereocenters. The molecule has 0 saturated heterocycles. The van der Waals surface area contributed by atoms with Crippen molar-refractivity contribution in [1.82, 2.24) is 0 Å². The Hall–Kier alpha value is -1.65. The molecule has 0 aliphatic heterocycles. The molecule has 0 unspecified atom stereocenters. The highest BCUT2D eigenvalue weighted by atomic mass is 19.3. The zero-order valence-electron chi connectivity index (χ0n) is 11.6. The highest BCUT2D eigenvalue weighted by Crippen LogP contribution is 2.46. The molecule has 1 N–H and O–H groups in total. The van der Waals surface area contributed by atoms with E-state index >= 15 is 0 Å². The van der Waals surface area contributed by atoms with E-state index in [9.17, 15) is 18.7 Å². The summed E-state index contributed by atoms with van der Waals surface area (Å²) < 4.78 is 31.8. The highest BCUT2D eigenvalue weighted by molar-refractivity contribution is 5.81. The molecular formula is C15H18F2O3. The van der Waals surface area contributed by atoms with Gasteiger partial charge in [0.05, 0.1) is 12.5 Å². The molecule has 2 rings (SSSR count). The third-order valence-corrected chi connectivity index (χ3v) is 4.19. The number of hydrogen-bond acceptors (Lipinski definition) is 2. The quantitative estimate of drug-likeness (QED) is 0.923. The molecule has 1 aromatic carbocycles. The van der Waals surface area contributed by atoms with Gasteiger partial charge in [-0.1, -0.05) is 12.1 Å². The second-order valence-electron chi connectivity index (χ2n) is 5.43. The van der Waals surface area contributed by atoms with Crippen LogP contribution >= 0.6 is 0 Å². The summed E-state index contributed by atoms with van der Waals surface area (Å²) in [5.41, 5.74) is 0.181. The summed E-state index contributed by atoms with van der Waals surface area (Å²) in [4.78, 5) is 11.7. The number of aryl methyl sites for hydroxylation is 1. The number of carboxylic acids is 1. The monoisotopic (exact) mass is 284 g/mol. The third kappa shape index (κ3) is 2.49. The molecule has 5 heteroatoms. The van der Waals surface area contributed by atoms with Crippen molar-refractivity contribution >= 4 is 5.97 Å².